The highest BCUT2D eigenvalue weighted by atomic mass is 35.5. The minimum absolute atomic E-state index is 0.590. The van der Waals surface area contributed by atoms with Crippen LogP contribution in [0.2, 0.25) is 0 Å². The Labute approximate surface area is 61.7 Å². The summed E-state index contributed by atoms with van der Waals surface area (Å²) in [6, 6.07) is 0. The largest absolute Gasteiger partial charge is 0.380 e. The third-order valence-corrected chi connectivity index (χ3v) is 1.30. The average Bonchev–Trinajstić information content (AvgIpc) is 1.88. The van der Waals surface area contributed by atoms with Gasteiger partial charge in [0.15, 0.2) is 0 Å². The van der Waals surface area contributed by atoms with Gasteiger partial charge in [0.2, 0.25) is 0 Å². The smallest absolute Gasteiger partial charge is 0.0673 e. The molecule has 0 aliphatic carbocycles. The van der Waals surface area contributed by atoms with E-state index in [-0.39, 0.29) is 0 Å². The lowest BCUT2D eigenvalue weighted by Crippen LogP contribution is -1.92. The summed E-state index contributed by atoms with van der Waals surface area (Å²) in [6.07, 6.45) is 3.02. The standard InChI is InChI=1S/C7H13ClO/c1-3-7(4-5-8)6-9-2/h4H,3,5-6H2,1-2H3/b7-4+. The molecule has 0 rings (SSSR count). The van der Waals surface area contributed by atoms with Crippen LogP contribution in [0, 0.1) is 0 Å². The van der Waals surface area contributed by atoms with Gasteiger partial charge in [-0.05, 0) is 12.0 Å². The topological polar surface area (TPSA) is 9.23 Å². The maximum atomic E-state index is 5.48. The Morgan fingerprint density at radius 1 is 1.67 bits per heavy atom. The molecule has 0 aromatic rings. The second-order valence-electron chi connectivity index (χ2n) is 1.80. The van der Waals surface area contributed by atoms with Crippen molar-refractivity contribution in [3.63, 3.8) is 0 Å². The van der Waals surface area contributed by atoms with Crippen molar-refractivity contribution < 1.29 is 4.74 Å². The van der Waals surface area contributed by atoms with Crippen molar-refractivity contribution in [1.29, 1.82) is 0 Å². The summed E-state index contributed by atoms with van der Waals surface area (Å²) in [5.41, 5.74) is 1.27. The molecular formula is C7H13ClO. The van der Waals surface area contributed by atoms with E-state index in [4.69, 9.17) is 16.3 Å². The van der Waals surface area contributed by atoms with E-state index in [9.17, 15) is 0 Å². The van der Waals surface area contributed by atoms with E-state index < -0.39 is 0 Å². The summed E-state index contributed by atoms with van der Waals surface area (Å²) >= 11 is 5.48. The van der Waals surface area contributed by atoms with Crippen LogP contribution in [-0.2, 0) is 4.74 Å². The third kappa shape index (κ3) is 4.49. The van der Waals surface area contributed by atoms with E-state index >= 15 is 0 Å². The van der Waals surface area contributed by atoms with Crippen LogP contribution in [0.1, 0.15) is 13.3 Å². The van der Waals surface area contributed by atoms with Gasteiger partial charge in [-0.1, -0.05) is 13.0 Å². The van der Waals surface area contributed by atoms with E-state index in [1.54, 1.807) is 7.11 Å². The molecule has 0 heterocycles. The van der Waals surface area contributed by atoms with Gasteiger partial charge in [0.25, 0.3) is 0 Å². The summed E-state index contributed by atoms with van der Waals surface area (Å²) in [7, 11) is 1.69. The molecule has 0 aromatic carbocycles. The number of halogens is 1. The second kappa shape index (κ2) is 6.12. The fourth-order valence-electron chi connectivity index (χ4n) is 0.600. The summed E-state index contributed by atoms with van der Waals surface area (Å²) in [5.74, 6) is 0.590. The lowest BCUT2D eigenvalue weighted by atomic mass is 10.2. The van der Waals surface area contributed by atoms with Gasteiger partial charge in [0, 0.05) is 13.0 Å². The molecule has 0 N–H and O–H groups in total. The van der Waals surface area contributed by atoms with Crippen molar-refractivity contribution in [3.05, 3.63) is 11.6 Å². The minimum Gasteiger partial charge on any atom is -0.380 e. The van der Waals surface area contributed by atoms with Gasteiger partial charge in [0.05, 0.1) is 6.61 Å². The summed E-state index contributed by atoms with van der Waals surface area (Å²) in [5, 5.41) is 0. The van der Waals surface area contributed by atoms with E-state index in [0.717, 1.165) is 6.42 Å². The maximum Gasteiger partial charge on any atom is 0.0673 e. The molecule has 9 heavy (non-hydrogen) atoms. The Morgan fingerprint density at radius 3 is 2.67 bits per heavy atom. The molecule has 0 saturated carbocycles. The first-order valence-electron chi connectivity index (χ1n) is 3.08. The predicted molar refractivity (Wildman–Crippen MR) is 41.0 cm³/mol. The van der Waals surface area contributed by atoms with Crippen molar-refractivity contribution in [1.82, 2.24) is 0 Å². The number of hydrogen-bond acceptors (Lipinski definition) is 1. The first-order valence-corrected chi connectivity index (χ1v) is 3.61. The molecule has 0 atom stereocenters. The molecule has 2 heteroatoms. The van der Waals surface area contributed by atoms with Crippen molar-refractivity contribution >= 4 is 11.6 Å². The van der Waals surface area contributed by atoms with Gasteiger partial charge in [-0.15, -0.1) is 11.6 Å². The summed E-state index contributed by atoms with van der Waals surface area (Å²) < 4.78 is 4.92. The molecule has 54 valence electrons. The van der Waals surface area contributed by atoms with Crippen molar-refractivity contribution in [2.45, 2.75) is 13.3 Å². The van der Waals surface area contributed by atoms with Crippen molar-refractivity contribution in [2.75, 3.05) is 19.6 Å². The van der Waals surface area contributed by atoms with E-state index in [0.29, 0.717) is 12.5 Å². The minimum atomic E-state index is 0.590. The predicted octanol–water partition coefficient (Wildman–Crippen LogP) is 2.21. The normalized spacial score (nSPS) is 12.1. The quantitative estimate of drug-likeness (QED) is 0.439. The van der Waals surface area contributed by atoms with Crippen LogP contribution in [0.25, 0.3) is 0 Å². The van der Waals surface area contributed by atoms with Gasteiger partial charge in [-0.3, -0.25) is 0 Å². The number of ether oxygens (including phenoxy) is 1. The molecule has 0 aliphatic rings. The fourth-order valence-corrected chi connectivity index (χ4v) is 0.818. The number of alkyl halides is 1. The molecule has 0 aromatic heterocycles. The zero-order valence-corrected chi connectivity index (χ0v) is 6.74. The average molecular weight is 149 g/mol. The van der Waals surface area contributed by atoms with E-state index in [1.165, 1.54) is 5.57 Å². The highest BCUT2D eigenvalue weighted by molar-refractivity contribution is 6.18. The molecule has 0 unspecified atom stereocenters. The molecule has 0 fully saturated rings. The molecule has 0 radical (unpaired) electrons. The van der Waals surface area contributed by atoms with Crippen LogP contribution in [-0.4, -0.2) is 19.6 Å². The first kappa shape index (κ1) is 8.99. The van der Waals surface area contributed by atoms with Gasteiger partial charge >= 0.3 is 0 Å². The molecule has 0 amide bonds. The van der Waals surface area contributed by atoms with Crippen LogP contribution < -0.4 is 0 Å². The number of rotatable bonds is 4. The molecule has 0 spiro atoms. The zero-order chi connectivity index (χ0) is 7.11. The van der Waals surface area contributed by atoms with E-state index in [1.807, 2.05) is 6.08 Å². The lowest BCUT2D eigenvalue weighted by molar-refractivity contribution is 0.223. The van der Waals surface area contributed by atoms with Crippen LogP contribution >= 0.6 is 11.6 Å². The highest BCUT2D eigenvalue weighted by Gasteiger charge is 1.89. The van der Waals surface area contributed by atoms with Gasteiger partial charge in [0.1, 0.15) is 0 Å². The van der Waals surface area contributed by atoms with Crippen LogP contribution in [0.3, 0.4) is 0 Å². The Morgan fingerprint density at radius 2 is 2.33 bits per heavy atom. The van der Waals surface area contributed by atoms with Gasteiger partial charge in [-0.25, -0.2) is 0 Å². The monoisotopic (exact) mass is 148 g/mol. The molecular weight excluding hydrogens is 136 g/mol. The fraction of sp³-hybridized carbons (Fsp3) is 0.714. The number of allylic oxidation sites excluding steroid dienone is 1. The molecule has 0 bridgehead atoms. The maximum absolute atomic E-state index is 5.48. The third-order valence-electron chi connectivity index (χ3n) is 1.15. The SMILES string of the molecule is CC/C(=C\CCl)COC. The molecule has 0 aliphatic heterocycles. The number of methoxy groups -OCH3 is 1. The highest BCUT2D eigenvalue weighted by Crippen LogP contribution is 2.00. The summed E-state index contributed by atoms with van der Waals surface area (Å²) in [6.45, 7) is 2.81. The lowest BCUT2D eigenvalue weighted by Gasteiger charge is -1.99. The first-order chi connectivity index (χ1) is 4.35. The van der Waals surface area contributed by atoms with Gasteiger partial charge in [-0.2, -0.15) is 0 Å². The molecule has 0 saturated heterocycles. The Bertz CT molecular complexity index is 88.9. The molecule has 1 nitrogen and oxygen atoms in total. The van der Waals surface area contributed by atoms with E-state index in [2.05, 4.69) is 6.92 Å². The van der Waals surface area contributed by atoms with Crippen LogP contribution in [0.5, 0.6) is 0 Å². The van der Waals surface area contributed by atoms with Crippen LogP contribution in [0.4, 0.5) is 0 Å². The van der Waals surface area contributed by atoms with Gasteiger partial charge < -0.3 is 4.74 Å². The number of hydrogen-bond donors (Lipinski definition) is 0. The van der Waals surface area contributed by atoms with Crippen molar-refractivity contribution in [3.8, 4) is 0 Å². The second-order valence-corrected chi connectivity index (χ2v) is 2.11. The Hall–Kier alpha value is -0.0100. The van der Waals surface area contributed by atoms with Crippen molar-refractivity contribution in [2.24, 2.45) is 0 Å². The Kier molecular flexibility index (Phi) is 6.11. The van der Waals surface area contributed by atoms with Crippen LogP contribution in [0.15, 0.2) is 11.6 Å². The zero-order valence-electron chi connectivity index (χ0n) is 5.98. The summed E-state index contributed by atoms with van der Waals surface area (Å²) in [4.78, 5) is 0. The Balaban J connectivity index is 3.53.